The van der Waals surface area contributed by atoms with Crippen LogP contribution in [0.4, 0.5) is 17.2 Å². The lowest BCUT2D eigenvalue weighted by Gasteiger charge is -2.41. The summed E-state index contributed by atoms with van der Waals surface area (Å²) in [6, 6.07) is 13.5. The number of nitrogens with zero attached hydrogens (tertiary/aromatic N) is 6. The van der Waals surface area contributed by atoms with E-state index in [4.69, 9.17) is 9.72 Å². The minimum absolute atomic E-state index is 0.0393. The summed E-state index contributed by atoms with van der Waals surface area (Å²) >= 11 is 0. The Morgan fingerprint density at radius 3 is 2.72 bits per heavy atom. The fourth-order valence-corrected chi connectivity index (χ4v) is 5.25. The molecule has 2 aliphatic rings. The largest absolute Gasteiger partial charge is 0.384 e. The van der Waals surface area contributed by atoms with Crippen molar-refractivity contribution in [1.82, 2.24) is 14.9 Å². The second-order valence-electron chi connectivity index (χ2n) is 10.00. The van der Waals surface area contributed by atoms with Crippen LogP contribution in [0.3, 0.4) is 0 Å². The first-order valence-corrected chi connectivity index (χ1v) is 13.3. The second kappa shape index (κ2) is 11.2. The second-order valence-corrected chi connectivity index (χ2v) is 10.00. The molecule has 2 aromatic heterocycles. The number of piperazine rings is 1. The molecule has 0 spiro atoms. The Morgan fingerprint density at radius 2 is 2.03 bits per heavy atom. The van der Waals surface area contributed by atoms with E-state index >= 15 is 0 Å². The molecule has 9 nitrogen and oxygen atoms in total. The lowest BCUT2D eigenvalue weighted by atomic mass is 10.1. The topological polar surface area (TPSA) is 103 Å². The van der Waals surface area contributed by atoms with Crippen molar-refractivity contribution in [3.8, 4) is 6.07 Å². The van der Waals surface area contributed by atoms with Crippen LogP contribution >= 0.6 is 0 Å². The molecule has 1 saturated carbocycles. The molecule has 1 unspecified atom stereocenters. The molecule has 39 heavy (non-hydrogen) atoms. The lowest BCUT2D eigenvalue weighted by Crippen LogP contribution is -2.54. The maximum absolute atomic E-state index is 13.4. The van der Waals surface area contributed by atoms with E-state index in [1.807, 2.05) is 42.2 Å². The minimum Gasteiger partial charge on any atom is -0.384 e. The van der Waals surface area contributed by atoms with Crippen LogP contribution in [-0.4, -0.2) is 66.1 Å². The molecule has 2 amide bonds. The molecular formula is C30H32N6O3. The average Bonchev–Trinajstić information content (AvgIpc) is 3.81. The van der Waals surface area contributed by atoms with Gasteiger partial charge in [0.15, 0.2) is 0 Å². The molecule has 1 atom stereocenters. The van der Waals surface area contributed by atoms with E-state index in [1.54, 1.807) is 24.3 Å². The number of fused-ring (bicyclic) bond motifs is 1. The fraction of sp³-hybridized carbons (Fsp3) is 0.367. The van der Waals surface area contributed by atoms with E-state index in [1.165, 1.54) is 6.08 Å². The van der Waals surface area contributed by atoms with Gasteiger partial charge in [0, 0.05) is 50.3 Å². The monoisotopic (exact) mass is 524 g/mol. The van der Waals surface area contributed by atoms with Crippen molar-refractivity contribution in [2.45, 2.75) is 38.1 Å². The number of hydrogen-bond donors (Lipinski definition) is 0. The van der Waals surface area contributed by atoms with Crippen LogP contribution in [0.1, 0.15) is 43.4 Å². The predicted molar refractivity (Wildman–Crippen MR) is 150 cm³/mol. The van der Waals surface area contributed by atoms with Crippen molar-refractivity contribution in [2.75, 3.05) is 43.2 Å². The number of pyridine rings is 2. The molecule has 200 valence electrons. The van der Waals surface area contributed by atoms with Crippen LogP contribution in [0.15, 0.2) is 55.3 Å². The van der Waals surface area contributed by atoms with Crippen molar-refractivity contribution >= 4 is 39.9 Å². The summed E-state index contributed by atoms with van der Waals surface area (Å²) in [5, 5.41) is 11.0. The number of methoxy groups -OCH3 is 1. The fourth-order valence-electron chi connectivity index (χ4n) is 5.25. The van der Waals surface area contributed by atoms with Gasteiger partial charge < -0.3 is 14.5 Å². The van der Waals surface area contributed by atoms with Crippen molar-refractivity contribution in [3.63, 3.8) is 0 Å². The Kier molecular flexibility index (Phi) is 7.57. The summed E-state index contributed by atoms with van der Waals surface area (Å²) in [4.78, 5) is 41.1. The molecule has 9 heteroatoms. The third-order valence-corrected chi connectivity index (χ3v) is 7.37. The minimum atomic E-state index is -0.302. The number of aromatic nitrogens is 2. The van der Waals surface area contributed by atoms with Crippen LogP contribution in [-0.2, 0) is 14.3 Å². The van der Waals surface area contributed by atoms with Crippen LogP contribution in [0.25, 0.3) is 10.9 Å². The number of amides is 2. The van der Waals surface area contributed by atoms with Crippen molar-refractivity contribution in [3.05, 3.63) is 66.5 Å². The van der Waals surface area contributed by atoms with E-state index in [0.717, 1.165) is 29.4 Å². The predicted octanol–water partition coefficient (Wildman–Crippen LogP) is 4.30. The van der Waals surface area contributed by atoms with Crippen molar-refractivity contribution in [2.24, 2.45) is 0 Å². The maximum atomic E-state index is 13.4. The van der Waals surface area contributed by atoms with Gasteiger partial charge in [-0.25, -0.2) is 4.98 Å². The quantitative estimate of drug-likeness (QED) is 0.405. The first kappa shape index (κ1) is 26.3. The van der Waals surface area contributed by atoms with E-state index in [2.05, 4.69) is 22.5 Å². The van der Waals surface area contributed by atoms with Gasteiger partial charge in [-0.05, 0) is 44.0 Å². The highest BCUT2D eigenvalue weighted by atomic mass is 16.5. The van der Waals surface area contributed by atoms with E-state index in [0.29, 0.717) is 55.4 Å². The highest BCUT2D eigenvalue weighted by Crippen LogP contribution is 2.47. The molecule has 1 aliphatic heterocycles. The number of benzene rings is 1. The Bertz CT molecular complexity index is 1460. The lowest BCUT2D eigenvalue weighted by molar-refractivity contribution is -0.134. The molecular weight excluding hydrogens is 492 g/mol. The Balaban J connectivity index is 1.55. The Morgan fingerprint density at radius 1 is 1.23 bits per heavy atom. The highest BCUT2D eigenvalue weighted by Gasteiger charge is 2.35. The van der Waals surface area contributed by atoms with Gasteiger partial charge in [0.25, 0.3) is 5.91 Å². The molecule has 3 aromatic rings. The van der Waals surface area contributed by atoms with Gasteiger partial charge in [0.05, 0.1) is 41.2 Å². The summed E-state index contributed by atoms with van der Waals surface area (Å²) in [5.74, 6) is 0.566. The van der Waals surface area contributed by atoms with E-state index in [-0.39, 0.29) is 23.8 Å². The van der Waals surface area contributed by atoms with Gasteiger partial charge in [-0.1, -0.05) is 24.8 Å². The van der Waals surface area contributed by atoms with Crippen LogP contribution < -0.4 is 9.80 Å². The molecule has 0 bridgehead atoms. The van der Waals surface area contributed by atoms with Crippen LogP contribution in [0.5, 0.6) is 0 Å². The molecule has 0 N–H and O–H groups in total. The van der Waals surface area contributed by atoms with Gasteiger partial charge in [0.2, 0.25) is 5.91 Å². The van der Waals surface area contributed by atoms with E-state index < -0.39 is 0 Å². The SMILES string of the molecule is C=CC(=O)N(c1cc(C#N)c(N2CCN(C(=O)CCOC)C(C)C2)nc1C1CC1)c1ccnc2ccccc12. The first-order chi connectivity index (χ1) is 19.0. The number of carbonyl (C=O) groups is 2. The Hall–Kier alpha value is -4.29. The zero-order valence-electron chi connectivity index (χ0n) is 22.3. The third-order valence-electron chi connectivity index (χ3n) is 7.37. The number of anilines is 3. The Labute approximate surface area is 228 Å². The molecule has 3 heterocycles. The van der Waals surface area contributed by atoms with Gasteiger partial charge in [-0.3, -0.25) is 19.5 Å². The molecule has 2 fully saturated rings. The number of nitriles is 1. The summed E-state index contributed by atoms with van der Waals surface area (Å²) < 4.78 is 5.07. The zero-order chi connectivity index (χ0) is 27.5. The molecule has 5 rings (SSSR count). The molecule has 1 saturated heterocycles. The van der Waals surface area contributed by atoms with Crippen molar-refractivity contribution < 1.29 is 14.3 Å². The van der Waals surface area contributed by atoms with Crippen LogP contribution in [0.2, 0.25) is 0 Å². The van der Waals surface area contributed by atoms with Gasteiger partial charge >= 0.3 is 0 Å². The first-order valence-electron chi connectivity index (χ1n) is 13.3. The summed E-state index contributed by atoms with van der Waals surface area (Å²) in [6.07, 6.45) is 5.25. The number of rotatable bonds is 8. The normalized spacial score (nSPS) is 17.1. The standard InChI is InChI=1S/C30H32N6O3/c1-4-27(37)36(25-11-13-32-24-8-6-5-7-23(24)25)26-17-22(18-31)30(33-29(26)21-9-10-21)34-14-15-35(20(2)19-34)28(38)12-16-39-3/h4-8,11,13,17,20-21H,1,9-10,12,14-16,19H2,2-3H3. The van der Waals surface area contributed by atoms with E-state index in [9.17, 15) is 14.9 Å². The summed E-state index contributed by atoms with van der Waals surface area (Å²) in [6.45, 7) is 7.82. The zero-order valence-corrected chi connectivity index (χ0v) is 22.3. The molecule has 0 radical (unpaired) electrons. The number of ether oxygens (including phenoxy) is 1. The van der Waals surface area contributed by atoms with Crippen molar-refractivity contribution in [1.29, 1.82) is 5.26 Å². The molecule has 1 aromatic carbocycles. The van der Waals surface area contributed by atoms with Gasteiger partial charge in [-0.2, -0.15) is 5.26 Å². The summed E-state index contributed by atoms with van der Waals surface area (Å²) in [7, 11) is 1.59. The van der Waals surface area contributed by atoms with Gasteiger partial charge in [0.1, 0.15) is 11.9 Å². The number of hydrogen-bond acceptors (Lipinski definition) is 7. The number of carbonyl (C=O) groups excluding carboxylic acids is 2. The summed E-state index contributed by atoms with van der Waals surface area (Å²) in [5.41, 5.74) is 3.22. The number of para-hydroxylation sites is 1. The third kappa shape index (κ3) is 5.20. The smallest absolute Gasteiger partial charge is 0.255 e. The van der Waals surface area contributed by atoms with Gasteiger partial charge in [-0.15, -0.1) is 0 Å². The average molecular weight is 525 g/mol. The highest BCUT2D eigenvalue weighted by molar-refractivity contribution is 6.12. The molecule has 1 aliphatic carbocycles. The maximum Gasteiger partial charge on any atom is 0.255 e. The van der Waals surface area contributed by atoms with Crippen LogP contribution in [0, 0.1) is 11.3 Å².